The van der Waals surface area contributed by atoms with Crippen molar-refractivity contribution in [3.63, 3.8) is 0 Å². The summed E-state index contributed by atoms with van der Waals surface area (Å²) in [6.45, 7) is 6.46. The lowest BCUT2D eigenvalue weighted by atomic mass is 10.2. The second-order valence-corrected chi connectivity index (χ2v) is 3.27. The van der Waals surface area contributed by atoms with E-state index in [0.717, 1.165) is 32.4 Å². The van der Waals surface area contributed by atoms with Crippen molar-refractivity contribution in [1.82, 2.24) is 4.90 Å². The molecule has 0 spiro atoms. The van der Waals surface area contributed by atoms with Crippen molar-refractivity contribution >= 4 is 5.91 Å². The molecule has 0 aliphatic carbocycles. The van der Waals surface area contributed by atoms with Crippen LogP contribution in [0.3, 0.4) is 0 Å². The van der Waals surface area contributed by atoms with Crippen molar-refractivity contribution in [1.29, 1.82) is 0 Å². The largest absolute Gasteiger partial charge is 0.343 e. The van der Waals surface area contributed by atoms with E-state index < -0.39 is 0 Å². The monoisotopic (exact) mass is 186 g/mol. The molecule has 13 heavy (non-hydrogen) atoms. The van der Waals surface area contributed by atoms with Gasteiger partial charge in [-0.3, -0.25) is 4.79 Å². The van der Waals surface area contributed by atoms with Gasteiger partial charge < -0.3 is 10.6 Å². The average molecular weight is 186 g/mol. The Bertz CT molecular complexity index is 137. The first-order valence-corrected chi connectivity index (χ1v) is 5.24. The van der Waals surface area contributed by atoms with Gasteiger partial charge in [0.05, 0.1) is 0 Å². The summed E-state index contributed by atoms with van der Waals surface area (Å²) in [5, 5.41) is 0. The predicted molar refractivity (Wildman–Crippen MR) is 55.5 cm³/mol. The van der Waals surface area contributed by atoms with Crippen LogP contribution in [0.5, 0.6) is 0 Å². The number of unbranched alkanes of at least 4 members (excludes halogenated alkanes) is 1. The lowest BCUT2D eigenvalue weighted by Crippen LogP contribution is -2.33. The fraction of sp³-hybridized carbons (Fsp3) is 0.900. The van der Waals surface area contributed by atoms with Gasteiger partial charge in [0.25, 0.3) is 0 Å². The Hall–Kier alpha value is -0.570. The van der Waals surface area contributed by atoms with Crippen LogP contribution >= 0.6 is 0 Å². The maximum Gasteiger partial charge on any atom is 0.223 e. The van der Waals surface area contributed by atoms with Crippen molar-refractivity contribution in [3.05, 3.63) is 0 Å². The summed E-state index contributed by atoms with van der Waals surface area (Å²) in [7, 11) is 0. The van der Waals surface area contributed by atoms with Gasteiger partial charge in [-0.15, -0.1) is 0 Å². The van der Waals surface area contributed by atoms with E-state index in [4.69, 9.17) is 5.73 Å². The number of hydrogen-bond acceptors (Lipinski definition) is 2. The number of carbonyl (C=O) groups excluding carboxylic acids is 1. The molecule has 0 rings (SSSR count). The van der Waals surface area contributed by atoms with E-state index in [1.807, 2.05) is 4.90 Å². The Labute approximate surface area is 81.3 Å². The number of rotatable bonds is 7. The van der Waals surface area contributed by atoms with E-state index in [9.17, 15) is 4.79 Å². The zero-order valence-corrected chi connectivity index (χ0v) is 8.88. The van der Waals surface area contributed by atoms with Crippen LogP contribution in [-0.4, -0.2) is 30.4 Å². The van der Waals surface area contributed by atoms with Gasteiger partial charge >= 0.3 is 0 Å². The van der Waals surface area contributed by atoms with Crippen molar-refractivity contribution in [2.75, 3.05) is 19.6 Å². The van der Waals surface area contributed by atoms with E-state index >= 15 is 0 Å². The van der Waals surface area contributed by atoms with E-state index in [-0.39, 0.29) is 5.91 Å². The highest BCUT2D eigenvalue weighted by atomic mass is 16.2. The molecule has 0 aromatic heterocycles. The highest BCUT2D eigenvalue weighted by Crippen LogP contribution is 1.99. The zero-order valence-electron chi connectivity index (χ0n) is 8.88. The summed E-state index contributed by atoms with van der Waals surface area (Å²) in [4.78, 5) is 13.4. The second kappa shape index (κ2) is 8.05. The summed E-state index contributed by atoms with van der Waals surface area (Å²) in [6.07, 6.45) is 3.75. The Morgan fingerprint density at radius 1 is 1.23 bits per heavy atom. The molecule has 2 N–H and O–H groups in total. The van der Waals surface area contributed by atoms with Gasteiger partial charge in [0.2, 0.25) is 5.91 Å². The molecule has 0 atom stereocenters. The van der Waals surface area contributed by atoms with Crippen LogP contribution in [-0.2, 0) is 4.79 Å². The first-order valence-electron chi connectivity index (χ1n) is 5.24. The van der Waals surface area contributed by atoms with Gasteiger partial charge in [-0.05, 0) is 12.8 Å². The summed E-state index contributed by atoms with van der Waals surface area (Å²) >= 11 is 0. The van der Waals surface area contributed by atoms with E-state index in [2.05, 4.69) is 13.8 Å². The molecule has 0 bridgehead atoms. The topological polar surface area (TPSA) is 46.3 Å². The Morgan fingerprint density at radius 2 is 1.92 bits per heavy atom. The maximum atomic E-state index is 11.5. The minimum absolute atomic E-state index is 0.206. The summed E-state index contributed by atoms with van der Waals surface area (Å²) in [5.74, 6) is 0.206. The van der Waals surface area contributed by atoms with Gasteiger partial charge in [-0.2, -0.15) is 0 Å². The molecule has 3 nitrogen and oxygen atoms in total. The third-order valence-corrected chi connectivity index (χ3v) is 1.99. The highest BCUT2D eigenvalue weighted by Gasteiger charge is 2.09. The first-order chi connectivity index (χ1) is 6.26. The summed E-state index contributed by atoms with van der Waals surface area (Å²) in [5.41, 5.74) is 5.34. The minimum atomic E-state index is 0.206. The molecule has 0 saturated heterocycles. The van der Waals surface area contributed by atoms with Crippen molar-refractivity contribution in [2.24, 2.45) is 5.73 Å². The van der Waals surface area contributed by atoms with E-state index in [1.54, 1.807) is 0 Å². The molecule has 1 amide bonds. The highest BCUT2D eigenvalue weighted by molar-refractivity contribution is 5.76. The lowest BCUT2D eigenvalue weighted by molar-refractivity contribution is -0.131. The van der Waals surface area contributed by atoms with E-state index in [0.29, 0.717) is 13.0 Å². The fourth-order valence-corrected chi connectivity index (χ4v) is 1.26. The van der Waals surface area contributed by atoms with Crippen molar-refractivity contribution in [2.45, 2.75) is 39.5 Å². The fourth-order valence-electron chi connectivity index (χ4n) is 1.26. The third-order valence-electron chi connectivity index (χ3n) is 1.99. The van der Waals surface area contributed by atoms with Crippen LogP contribution in [0.2, 0.25) is 0 Å². The number of amides is 1. The second-order valence-electron chi connectivity index (χ2n) is 3.27. The molecule has 0 aromatic rings. The van der Waals surface area contributed by atoms with Crippen LogP contribution in [0, 0.1) is 0 Å². The molecule has 0 heterocycles. The van der Waals surface area contributed by atoms with Crippen molar-refractivity contribution < 1.29 is 4.79 Å². The van der Waals surface area contributed by atoms with Crippen LogP contribution in [0.4, 0.5) is 0 Å². The molecule has 0 radical (unpaired) electrons. The Balaban J connectivity index is 3.83. The minimum Gasteiger partial charge on any atom is -0.343 e. The molecule has 0 saturated carbocycles. The molecule has 0 aliphatic heterocycles. The molecule has 0 aromatic carbocycles. The third kappa shape index (κ3) is 5.64. The van der Waals surface area contributed by atoms with Crippen LogP contribution in [0.1, 0.15) is 39.5 Å². The van der Waals surface area contributed by atoms with Crippen molar-refractivity contribution in [3.8, 4) is 0 Å². The summed E-state index contributed by atoms with van der Waals surface area (Å²) in [6, 6.07) is 0. The number of hydrogen-bond donors (Lipinski definition) is 1. The Kier molecular flexibility index (Phi) is 7.69. The SMILES string of the molecule is CCCCN(CCC)C(=O)CCN. The van der Waals surface area contributed by atoms with Gasteiger partial charge in [0.1, 0.15) is 0 Å². The number of nitrogens with zero attached hydrogens (tertiary/aromatic N) is 1. The van der Waals surface area contributed by atoms with Crippen LogP contribution in [0.15, 0.2) is 0 Å². The zero-order chi connectivity index (χ0) is 10.1. The molecule has 0 fully saturated rings. The number of carbonyl (C=O) groups is 1. The van der Waals surface area contributed by atoms with Crippen LogP contribution in [0.25, 0.3) is 0 Å². The summed E-state index contributed by atoms with van der Waals surface area (Å²) < 4.78 is 0. The normalized spacial score (nSPS) is 10.1. The molecule has 3 heteroatoms. The van der Waals surface area contributed by atoms with Gasteiger partial charge in [-0.1, -0.05) is 20.3 Å². The molecular weight excluding hydrogens is 164 g/mol. The smallest absolute Gasteiger partial charge is 0.223 e. The Morgan fingerprint density at radius 3 is 2.38 bits per heavy atom. The lowest BCUT2D eigenvalue weighted by Gasteiger charge is -2.21. The quantitative estimate of drug-likeness (QED) is 0.653. The van der Waals surface area contributed by atoms with Gasteiger partial charge in [0.15, 0.2) is 0 Å². The number of nitrogens with two attached hydrogens (primary N) is 1. The molecular formula is C10H22N2O. The molecule has 78 valence electrons. The van der Waals surface area contributed by atoms with E-state index in [1.165, 1.54) is 0 Å². The average Bonchev–Trinajstić information content (AvgIpc) is 2.12. The van der Waals surface area contributed by atoms with Crippen LogP contribution < -0.4 is 5.73 Å². The standard InChI is InChI=1S/C10H22N2O/c1-3-5-9-12(8-4-2)10(13)6-7-11/h3-9,11H2,1-2H3. The predicted octanol–water partition coefficient (Wildman–Crippen LogP) is 1.37. The van der Waals surface area contributed by atoms with Gasteiger partial charge in [0, 0.05) is 26.1 Å². The van der Waals surface area contributed by atoms with Gasteiger partial charge in [-0.25, -0.2) is 0 Å². The molecule has 0 unspecified atom stereocenters. The maximum absolute atomic E-state index is 11.5. The molecule has 0 aliphatic rings. The first kappa shape index (κ1) is 12.4.